The van der Waals surface area contributed by atoms with E-state index < -0.39 is 11.7 Å². The van der Waals surface area contributed by atoms with Gasteiger partial charge in [0.05, 0.1) is 18.2 Å². The van der Waals surface area contributed by atoms with Crippen LogP contribution in [0, 0.1) is 11.7 Å². The number of carbonyl (C=O) groups is 1. The molecule has 1 saturated carbocycles. The van der Waals surface area contributed by atoms with Crippen molar-refractivity contribution < 1.29 is 22.4 Å². The second-order valence-electron chi connectivity index (χ2n) is 9.98. The zero-order valence-electron chi connectivity index (χ0n) is 21.5. The lowest BCUT2D eigenvalue weighted by Gasteiger charge is -2.32. The van der Waals surface area contributed by atoms with Crippen molar-refractivity contribution in [3.8, 4) is 0 Å². The summed E-state index contributed by atoms with van der Waals surface area (Å²) in [5, 5.41) is 6.75. The Morgan fingerprint density at radius 1 is 1.00 bits per heavy atom. The van der Waals surface area contributed by atoms with E-state index in [9.17, 15) is 22.4 Å². The highest BCUT2D eigenvalue weighted by Crippen LogP contribution is 2.34. The number of fused-ring (bicyclic) bond motifs is 1. The molecular formula is C28H28F4N6O. The number of carbonyl (C=O) groups excluding carboxylic acids is 1. The SMILES string of the molecule is CC(Nc1nc2nc(C=O)nc(NC(C)C3CCC3)c2n1Cc1ccc(C(F)(F)F)cc1)c1ccc(F)cc1. The summed E-state index contributed by atoms with van der Waals surface area (Å²) in [7, 11) is 0. The monoisotopic (exact) mass is 540 g/mol. The zero-order valence-corrected chi connectivity index (χ0v) is 21.5. The standard InChI is InChI=1S/C28H28F4N6O/c1-16(19-4-3-5-19)33-25-24-26(36-23(15-39)35-25)37-27(34-17(2)20-8-12-22(29)13-9-20)38(24)14-18-6-10-21(11-7-18)28(30,31)32/h6-13,15-17,19H,3-5,14H2,1-2H3,(H2,33,34,35,36,37). The summed E-state index contributed by atoms with van der Waals surface area (Å²) in [6.07, 6.45) is -0.532. The van der Waals surface area contributed by atoms with Gasteiger partial charge in [0.1, 0.15) is 11.3 Å². The van der Waals surface area contributed by atoms with Crippen molar-refractivity contribution in [3.63, 3.8) is 0 Å². The average Bonchev–Trinajstić information content (AvgIpc) is 3.19. The van der Waals surface area contributed by atoms with Gasteiger partial charge in [0, 0.05) is 6.04 Å². The molecule has 0 aliphatic heterocycles. The summed E-state index contributed by atoms with van der Waals surface area (Å²) in [4.78, 5) is 25.1. The van der Waals surface area contributed by atoms with E-state index in [2.05, 4.69) is 32.5 Å². The number of hydrogen-bond donors (Lipinski definition) is 2. The Morgan fingerprint density at radius 2 is 1.69 bits per heavy atom. The van der Waals surface area contributed by atoms with E-state index in [1.807, 2.05) is 6.92 Å². The maximum absolute atomic E-state index is 13.5. The highest BCUT2D eigenvalue weighted by Gasteiger charge is 2.30. The van der Waals surface area contributed by atoms with Crippen molar-refractivity contribution in [2.45, 2.75) is 57.9 Å². The van der Waals surface area contributed by atoms with Crippen molar-refractivity contribution in [3.05, 3.63) is 76.9 Å². The van der Waals surface area contributed by atoms with Gasteiger partial charge in [-0.1, -0.05) is 30.7 Å². The van der Waals surface area contributed by atoms with Crippen LogP contribution in [0.15, 0.2) is 48.5 Å². The van der Waals surface area contributed by atoms with Gasteiger partial charge in [-0.3, -0.25) is 4.79 Å². The molecule has 2 aromatic heterocycles. The minimum absolute atomic E-state index is 0.0249. The van der Waals surface area contributed by atoms with Crippen molar-refractivity contribution >= 4 is 29.2 Å². The van der Waals surface area contributed by atoms with Gasteiger partial charge in [0.25, 0.3) is 0 Å². The third-order valence-electron chi connectivity index (χ3n) is 7.28. The molecule has 2 heterocycles. The van der Waals surface area contributed by atoms with Gasteiger partial charge in [-0.2, -0.15) is 18.2 Å². The number of aromatic nitrogens is 4. The molecule has 7 nitrogen and oxygen atoms in total. The molecule has 1 aliphatic rings. The first kappa shape index (κ1) is 26.6. The minimum Gasteiger partial charge on any atom is -0.365 e. The van der Waals surface area contributed by atoms with Gasteiger partial charge in [-0.25, -0.2) is 14.4 Å². The molecule has 2 N–H and O–H groups in total. The maximum atomic E-state index is 13.5. The molecule has 204 valence electrons. The summed E-state index contributed by atoms with van der Waals surface area (Å²) >= 11 is 0. The summed E-state index contributed by atoms with van der Waals surface area (Å²) in [6, 6.07) is 10.8. The lowest BCUT2D eigenvalue weighted by atomic mass is 9.80. The Labute approximate surface area is 222 Å². The van der Waals surface area contributed by atoms with Crippen molar-refractivity contribution in [2.24, 2.45) is 5.92 Å². The van der Waals surface area contributed by atoms with Gasteiger partial charge in [0.2, 0.25) is 5.95 Å². The van der Waals surface area contributed by atoms with Crippen LogP contribution in [0.1, 0.15) is 66.5 Å². The predicted molar refractivity (Wildman–Crippen MR) is 140 cm³/mol. The number of nitrogens with one attached hydrogen (secondary N) is 2. The fraction of sp³-hybridized carbons (Fsp3) is 0.357. The van der Waals surface area contributed by atoms with E-state index in [1.165, 1.54) is 24.3 Å². The predicted octanol–water partition coefficient (Wildman–Crippen LogP) is 6.62. The van der Waals surface area contributed by atoms with E-state index in [4.69, 9.17) is 0 Å². The molecule has 5 rings (SSSR count). The van der Waals surface area contributed by atoms with Crippen LogP contribution in [0.4, 0.5) is 29.3 Å². The van der Waals surface area contributed by atoms with Crippen molar-refractivity contribution in [1.29, 1.82) is 0 Å². The van der Waals surface area contributed by atoms with E-state index in [0.717, 1.165) is 37.0 Å². The molecule has 4 aromatic rings. The first-order valence-corrected chi connectivity index (χ1v) is 12.8. The summed E-state index contributed by atoms with van der Waals surface area (Å²) in [5.74, 6) is 0.912. The number of rotatable bonds is 9. The van der Waals surface area contributed by atoms with E-state index >= 15 is 0 Å². The fourth-order valence-corrected chi connectivity index (χ4v) is 4.75. The molecule has 0 bridgehead atoms. The second-order valence-corrected chi connectivity index (χ2v) is 9.98. The number of halogens is 4. The largest absolute Gasteiger partial charge is 0.416 e. The van der Waals surface area contributed by atoms with Gasteiger partial charge < -0.3 is 15.2 Å². The van der Waals surface area contributed by atoms with Crippen LogP contribution in [-0.2, 0) is 12.7 Å². The Bertz CT molecular complexity index is 1460. The molecule has 0 spiro atoms. The number of alkyl halides is 3. The molecule has 2 unspecified atom stereocenters. The van der Waals surface area contributed by atoms with Gasteiger partial charge >= 0.3 is 6.18 Å². The molecule has 2 atom stereocenters. The van der Waals surface area contributed by atoms with Crippen LogP contribution in [-0.4, -0.2) is 31.8 Å². The number of nitrogens with zero attached hydrogens (tertiary/aromatic N) is 4. The first-order chi connectivity index (χ1) is 18.6. The normalized spacial score (nSPS) is 15.5. The number of aldehydes is 1. The summed E-state index contributed by atoms with van der Waals surface area (Å²) in [5.41, 5.74) is 1.48. The minimum atomic E-state index is -4.44. The average molecular weight is 541 g/mol. The van der Waals surface area contributed by atoms with Gasteiger partial charge in [-0.05, 0) is 68.0 Å². The third kappa shape index (κ3) is 5.71. The quantitative estimate of drug-likeness (QED) is 0.183. The highest BCUT2D eigenvalue weighted by atomic mass is 19.4. The topological polar surface area (TPSA) is 84.7 Å². The molecule has 39 heavy (non-hydrogen) atoms. The van der Waals surface area contributed by atoms with Crippen LogP contribution in [0.2, 0.25) is 0 Å². The van der Waals surface area contributed by atoms with Crippen LogP contribution in [0.3, 0.4) is 0 Å². The van der Waals surface area contributed by atoms with E-state index in [1.54, 1.807) is 16.7 Å². The van der Waals surface area contributed by atoms with Crippen molar-refractivity contribution in [2.75, 3.05) is 10.6 Å². The molecular weight excluding hydrogens is 512 g/mol. The molecule has 11 heteroatoms. The first-order valence-electron chi connectivity index (χ1n) is 12.8. The molecule has 1 fully saturated rings. The van der Waals surface area contributed by atoms with Crippen LogP contribution in [0.25, 0.3) is 11.2 Å². The Kier molecular flexibility index (Phi) is 7.24. The molecule has 0 radical (unpaired) electrons. The Morgan fingerprint density at radius 3 is 2.28 bits per heavy atom. The molecule has 0 saturated heterocycles. The second kappa shape index (κ2) is 10.6. The highest BCUT2D eigenvalue weighted by molar-refractivity contribution is 5.88. The van der Waals surface area contributed by atoms with Crippen LogP contribution < -0.4 is 10.6 Å². The molecule has 1 aliphatic carbocycles. The Balaban J connectivity index is 1.58. The molecule has 0 amide bonds. The third-order valence-corrected chi connectivity index (χ3v) is 7.28. The smallest absolute Gasteiger partial charge is 0.365 e. The zero-order chi connectivity index (χ0) is 27.7. The fourth-order valence-electron chi connectivity index (χ4n) is 4.75. The van der Waals surface area contributed by atoms with E-state index in [0.29, 0.717) is 35.1 Å². The van der Waals surface area contributed by atoms with E-state index in [-0.39, 0.29) is 35.9 Å². The van der Waals surface area contributed by atoms with Crippen LogP contribution >= 0.6 is 0 Å². The Hall–Kier alpha value is -4.02. The summed E-state index contributed by atoms with van der Waals surface area (Å²) < 4.78 is 54.7. The van der Waals surface area contributed by atoms with Gasteiger partial charge in [0.15, 0.2) is 23.6 Å². The number of anilines is 2. The maximum Gasteiger partial charge on any atom is 0.416 e. The number of benzene rings is 2. The number of hydrogen-bond acceptors (Lipinski definition) is 6. The van der Waals surface area contributed by atoms with Crippen molar-refractivity contribution in [1.82, 2.24) is 19.5 Å². The van der Waals surface area contributed by atoms with Crippen LogP contribution in [0.5, 0.6) is 0 Å². The summed E-state index contributed by atoms with van der Waals surface area (Å²) in [6.45, 7) is 4.11. The van der Waals surface area contributed by atoms with Gasteiger partial charge in [-0.15, -0.1) is 0 Å². The lowest BCUT2D eigenvalue weighted by molar-refractivity contribution is -0.137. The number of imidazole rings is 1. The lowest BCUT2D eigenvalue weighted by Crippen LogP contribution is -2.31. The molecule has 2 aromatic carbocycles.